The van der Waals surface area contributed by atoms with Crippen molar-refractivity contribution in [1.82, 2.24) is 15.4 Å². The molecule has 0 aromatic carbocycles. The second-order valence-corrected chi connectivity index (χ2v) is 8.12. The van der Waals surface area contributed by atoms with Gasteiger partial charge in [-0.3, -0.25) is 9.59 Å². The molecule has 8 heteroatoms. The number of aryl methyl sites for hydroxylation is 1. The molecule has 1 fully saturated rings. The number of amides is 2. The quantitative estimate of drug-likeness (QED) is 0.740. The summed E-state index contributed by atoms with van der Waals surface area (Å²) >= 11 is 4.91. The first kappa shape index (κ1) is 17.2. The van der Waals surface area contributed by atoms with E-state index in [1.807, 2.05) is 17.0 Å². The second kappa shape index (κ2) is 7.48. The first-order chi connectivity index (χ1) is 11.6. The predicted octanol–water partition coefficient (Wildman–Crippen LogP) is 3.22. The number of carbonyl (C=O) groups is 2. The molecule has 2 aromatic heterocycles. The summed E-state index contributed by atoms with van der Waals surface area (Å²) in [6.45, 7) is 3.76. The standard InChI is InChI=1S/C16H18BrN3O3S/c1-10-14(15(19-23-10)11-5-6-12(17)24-11)16(22)18-7-3-9-20-8-2-4-13(20)21/h5-6H,2-4,7-9H2,1H3,(H,18,22). The highest BCUT2D eigenvalue weighted by atomic mass is 79.9. The lowest BCUT2D eigenvalue weighted by molar-refractivity contribution is -0.127. The van der Waals surface area contributed by atoms with Gasteiger partial charge in [-0.1, -0.05) is 5.16 Å². The fourth-order valence-corrected chi connectivity index (χ4v) is 4.12. The molecule has 1 saturated heterocycles. The van der Waals surface area contributed by atoms with Crippen LogP contribution in [0.5, 0.6) is 0 Å². The summed E-state index contributed by atoms with van der Waals surface area (Å²) in [6.07, 6.45) is 2.32. The van der Waals surface area contributed by atoms with Gasteiger partial charge in [0.25, 0.3) is 5.91 Å². The highest BCUT2D eigenvalue weighted by Gasteiger charge is 2.23. The van der Waals surface area contributed by atoms with E-state index >= 15 is 0 Å². The van der Waals surface area contributed by atoms with Crippen LogP contribution >= 0.6 is 27.3 Å². The summed E-state index contributed by atoms with van der Waals surface area (Å²) in [4.78, 5) is 26.8. The Labute approximate surface area is 152 Å². The lowest BCUT2D eigenvalue weighted by Crippen LogP contribution is -2.30. The van der Waals surface area contributed by atoms with E-state index in [1.165, 1.54) is 11.3 Å². The van der Waals surface area contributed by atoms with Gasteiger partial charge in [0.15, 0.2) is 0 Å². The highest BCUT2D eigenvalue weighted by Crippen LogP contribution is 2.33. The van der Waals surface area contributed by atoms with Crippen molar-refractivity contribution in [3.63, 3.8) is 0 Å². The van der Waals surface area contributed by atoms with Gasteiger partial charge in [0.05, 0.1) is 8.66 Å². The molecule has 0 aliphatic carbocycles. The Morgan fingerprint density at radius 1 is 1.50 bits per heavy atom. The summed E-state index contributed by atoms with van der Waals surface area (Å²) < 4.78 is 6.18. The zero-order chi connectivity index (χ0) is 17.1. The molecule has 24 heavy (non-hydrogen) atoms. The third kappa shape index (κ3) is 3.70. The fourth-order valence-electron chi connectivity index (χ4n) is 2.75. The van der Waals surface area contributed by atoms with E-state index in [-0.39, 0.29) is 11.8 Å². The van der Waals surface area contributed by atoms with Crippen LogP contribution < -0.4 is 5.32 Å². The number of aromatic nitrogens is 1. The van der Waals surface area contributed by atoms with Gasteiger partial charge in [-0.05, 0) is 47.8 Å². The molecule has 0 saturated carbocycles. The monoisotopic (exact) mass is 411 g/mol. The SMILES string of the molecule is Cc1onc(-c2ccc(Br)s2)c1C(=O)NCCCN1CCCC1=O. The number of carbonyl (C=O) groups excluding carboxylic acids is 2. The van der Waals surface area contributed by atoms with E-state index < -0.39 is 0 Å². The maximum absolute atomic E-state index is 12.5. The minimum absolute atomic E-state index is 0.193. The Hall–Kier alpha value is -1.67. The molecule has 0 bridgehead atoms. The summed E-state index contributed by atoms with van der Waals surface area (Å²) in [7, 11) is 0. The largest absolute Gasteiger partial charge is 0.360 e. The van der Waals surface area contributed by atoms with Gasteiger partial charge in [-0.25, -0.2) is 0 Å². The van der Waals surface area contributed by atoms with Crippen molar-refractivity contribution in [3.8, 4) is 10.6 Å². The van der Waals surface area contributed by atoms with Crippen LogP contribution in [0, 0.1) is 6.92 Å². The third-order valence-electron chi connectivity index (χ3n) is 3.96. The van der Waals surface area contributed by atoms with Gasteiger partial charge < -0.3 is 14.7 Å². The van der Waals surface area contributed by atoms with Crippen LogP contribution in [0.3, 0.4) is 0 Å². The van der Waals surface area contributed by atoms with Crippen molar-refractivity contribution in [3.05, 3.63) is 27.2 Å². The Bertz CT molecular complexity index is 756. The first-order valence-corrected chi connectivity index (χ1v) is 9.45. The average Bonchev–Trinajstić information content (AvgIpc) is 3.24. The van der Waals surface area contributed by atoms with Crippen LogP contribution in [-0.2, 0) is 4.79 Å². The van der Waals surface area contributed by atoms with E-state index in [9.17, 15) is 9.59 Å². The van der Waals surface area contributed by atoms with E-state index in [4.69, 9.17) is 4.52 Å². The second-order valence-electron chi connectivity index (χ2n) is 5.66. The molecule has 0 radical (unpaired) electrons. The summed E-state index contributed by atoms with van der Waals surface area (Å²) in [5.41, 5.74) is 1.04. The summed E-state index contributed by atoms with van der Waals surface area (Å²) in [6, 6.07) is 3.82. The van der Waals surface area contributed by atoms with Gasteiger partial charge in [0, 0.05) is 26.1 Å². The smallest absolute Gasteiger partial charge is 0.257 e. The van der Waals surface area contributed by atoms with Crippen molar-refractivity contribution in [2.75, 3.05) is 19.6 Å². The molecule has 3 rings (SSSR count). The van der Waals surface area contributed by atoms with Crippen LogP contribution in [0.1, 0.15) is 35.4 Å². The van der Waals surface area contributed by atoms with E-state index in [1.54, 1.807) is 6.92 Å². The van der Waals surface area contributed by atoms with Crippen LogP contribution in [0.25, 0.3) is 10.6 Å². The van der Waals surface area contributed by atoms with Crippen molar-refractivity contribution >= 4 is 39.1 Å². The van der Waals surface area contributed by atoms with Crippen LogP contribution in [0.2, 0.25) is 0 Å². The molecular formula is C16H18BrN3O3S. The third-order valence-corrected chi connectivity index (χ3v) is 5.59. The minimum atomic E-state index is -0.193. The van der Waals surface area contributed by atoms with E-state index in [2.05, 4.69) is 26.4 Å². The van der Waals surface area contributed by atoms with Gasteiger partial charge >= 0.3 is 0 Å². The van der Waals surface area contributed by atoms with Crippen LogP contribution in [-0.4, -0.2) is 41.5 Å². The number of likely N-dealkylation sites (tertiary alicyclic amines) is 1. The lowest BCUT2D eigenvalue weighted by Gasteiger charge is -2.15. The maximum atomic E-state index is 12.5. The van der Waals surface area contributed by atoms with Gasteiger partial charge in [0.1, 0.15) is 17.0 Å². The maximum Gasteiger partial charge on any atom is 0.257 e. The molecule has 3 heterocycles. The topological polar surface area (TPSA) is 75.4 Å². The molecular weight excluding hydrogens is 394 g/mol. The number of thiophene rings is 1. The molecule has 1 aliphatic heterocycles. The molecule has 1 N–H and O–H groups in total. The van der Waals surface area contributed by atoms with Gasteiger partial charge in [-0.2, -0.15) is 0 Å². The molecule has 6 nitrogen and oxygen atoms in total. The van der Waals surface area contributed by atoms with E-state index in [0.29, 0.717) is 36.5 Å². The normalized spacial score (nSPS) is 14.4. The molecule has 2 amide bonds. The Kier molecular flexibility index (Phi) is 5.35. The average molecular weight is 412 g/mol. The number of hydrogen-bond donors (Lipinski definition) is 1. The first-order valence-electron chi connectivity index (χ1n) is 7.84. The van der Waals surface area contributed by atoms with Gasteiger partial charge in [0.2, 0.25) is 5.91 Å². The zero-order valence-corrected chi connectivity index (χ0v) is 15.7. The molecule has 0 spiro atoms. The summed E-state index contributed by atoms with van der Waals surface area (Å²) in [5, 5.41) is 6.92. The molecule has 2 aromatic rings. The van der Waals surface area contributed by atoms with Crippen LogP contribution in [0.15, 0.2) is 20.4 Å². The minimum Gasteiger partial charge on any atom is -0.360 e. The Balaban J connectivity index is 1.59. The summed E-state index contributed by atoms with van der Waals surface area (Å²) in [5.74, 6) is 0.518. The molecule has 0 atom stereocenters. The lowest BCUT2D eigenvalue weighted by atomic mass is 10.1. The predicted molar refractivity (Wildman–Crippen MR) is 95.0 cm³/mol. The number of rotatable bonds is 6. The highest BCUT2D eigenvalue weighted by molar-refractivity contribution is 9.11. The van der Waals surface area contributed by atoms with E-state index in [0.717, 1.165) is 28.0 Å². The zero-order valence-electron chi connectivity index (χ0n) is 13.3. The van der Waals surface area contributed by atoms with Gasteiger partial charge in [-0.15, -0.1) is 11.3 Å². The number of halogens is 1. The molecule has 128 valence electrons. The van der Waals surface area contributed by atoms with Crippen LogP contribution in [0.4, 0.5) is 0 Å². The van der Waals surface area contributed by atoms with Crippen molar-refractivity contribution < 1.29 is 14.1 Å². The molecule has 0 unspecified atom stereocenters. The number of nitrogens with one attached hydrogen (secondary N) is 1. The Morgan fingerprint density at radius 3 is 3.00 bits per heavy atom. The Morgan fingerprint density at radius 2 is 2.33 bits per heavy atom. The van der Waals surface area contributed by atoms with Crippen molar-refractivity contribution in [2.24, 2.45) is 0 Å². The van der Waals surface area contributed by atoms with Crippen molar-refractivity contribution in [1.29, 1.82) is 0 Å². The van der Waals surface area contributed by atoms with Crippen molar-refractivity contribution in [2.45, 2.75) is 26.2 Å². The number of nitrogens with zero attached hydrogens (tertiary/aromatic N) is 2. The molecule has 1 aliphatic rings. The number of hydrogen-bond acceptors (Lipinski definition) is 5. The fraction of sp³-hybridized carbons (Fsp3) is 0.438.